The second kappa shape index (κ2) is 12.9. The Balaban J connectivity index is 1.63. The van der Waals surface area contributed by atoms with Gasteiger partial charge in [-0.1, -0.05) is 91.0 Å². The van der Waals surface area contributed by atoms with Crippen LogP contribution in [0.25, 0.3) is 0 Å². The zero-order valence-electron chi connectivity index (χ0n) is 20.7. The molecule has 4 aromatic rings. The van der Waals surface area contributed by atoms with Crippen molar-refractivity contribution in [2.45, 2.75) is 19.1 Å². The number of nitrogens with one attached hydrogen (secondary N) is 1. The van der Waals surface area contributed by atoms with E-state index in [-0.39, 0.29) is 25.0 Å². The topological polar surface area (TPSA) is 67.9 Å². The van der Waals surface area contributed by atoms with E-state index < -0.39 is 6.04 Å². The molecule has 0 aliphatic carbocycles. The monoisotopic (exact) mass is 494 g/mol. The number of hydrogen-bond acceptors (Lipinski definition) is 4. The summed E-state index contributed by atoms with van der Waals surface area (Å²) in [4.78, 5) is 28.9. The van der Waals surface area contributed by atoms with Crippen LogP contribution in [-0.4, -0.2) is 30.4 Å². The zero-order valence-corrected chi connectivity index (χ0v) is 20.7. The SMILES string of the molecule is COc1ccc(CN(C(=O)COc2ccccc2)[C@@H](C(=O)NCc2ccccc2)c2ccccc2)cc1. The second-order valence-electron chi connectivity index (χ2n) is 8.49. The Morgan fingerprint density at radius 3 is 1.95 bits per heavy atom. The van der Waals surface area contributed by atoms with Gasteiger partial charge in [-0.15, -0.1) is 0 Å². The third kappa shape index (κ3) is 7.21. The number of amides is 2. The third-order valence-corrected chi connectivity index (χ3v) is 5.92. The molecule has 0 unspecified atom stereocenters. The summed E-state index contributed by atoms with van der Waals surface area (Å²) < 4.78 is 11.0. The van der Waals surface area contributed by atoms with Gasteiger partial charge in [0.1, 0.15) is 17.5 Å². The molecule has 0 radical (unpaired) electrons. The van der Waals surface area contributed by atoms with Gasteiger partial charge in [0.15, 0.2) is 6.61 Å². The Morgan fingerprint density at radius 2 is 1.32 bits per heavy atom. The van der Waals surface area contributed by atoms with Crippen molar-refractivity contribution >= 4 is 11.8 Å². The highest BCUT2D eigenvalue weighted by Gasteiger charge is 2.31. The van der Waals surface area contributed by atoms with Crippen molar-refractivity contribution in [2.24, 2.45) is 0 Å². The predicted molar refractivity (Wildman–Crippen MR) is 143 cm³/mol. The highest BCUT2D eigenvalue weighted by molar-refractivity contribution is 5.89. The highest BCUT2D eigenvalue weighted by Crippen LogP contribution is 2.25. The average molecular weight is 495 g/mol. The van der Waals surface area contributed by atoms with Gasteiger partial charge in [-0.2, -0.15) is 0 Å². The van der Waals surface area contributed by atoms with Crippen molar-refractivity contribution in [3.05, 3.63) is 132 Å². The van der Waals surface area contributed by atoms with Crippen LogP contribution in [0.4, 0.5) is 0 Å². The molecule has 1 N–H and O–H groups in total. The molecule has 6 nitrogen and oxygen atoms in total. The molecule has 2 amide bonds. The molecule has 37 heavy (non-hydrogen) atoms. The van der Waals surface area contributed by atoms with E-state index >= 15 is 0 Å². The van der Waals surface area contributed by atoms with Crippen molar-refractivity contribution in [2.75, 3.05) is 13.7 Å². The normalized spacial score (nSPS) is 11.3. The largest absolute Gasteiger partial charge is 0.497 e. The Kier molecular flexibility index (Phi) is 8.92. The summed E-state index contributed by atoms with van der Waals surface area (Å²) in [5, 5.41) is 3.02. The molecule has 6 heteroatoms. The number of carbonyl (C=O) groups excluding carboxylic acids is 2. The summed E-state index contributed by atoms with van der Waals surface area (Å²) in [5.74, 6) is 0.735. The van der Waals surface area contributed by atoms with Gasteiger partial charge in [-0.25, -0.2) is 0 Å². The maximum Gasteiger partial charge on any atom is 0.261 e. The van der Waals surface area contributed by atoms with Crippen LogP contribution in [0.2, 0.25) is 0 Å². The van der Waals surface area contributed by atoms with Crippen LogP contribution in [0, 0.1) is 0 Å². The molecule has 1 atom stereocenters. The Bertz CT molecular complexity index is 1260. The van der Waals surface area contributed by atoms with E-state index in [1.54, 1.807) is 24.1 Å². The molecule has 0 aliphatic rings. The third-order valence-electron chi connectivity index (χ3n) is 5.92. The molecule has 4 aromatic carbocycles. The summed E-state index contributed by atoms with van der Waals surface area (Å²) in [6.07, 6.45) is 0. The summed E-state index contributed by atoms with van der Waals surface area (Å²) in [7, 11) is 1.61. The van der Waals surface area contributed by atoms with Crippen molar-refractivity contribution < 1.29 is 19.1 Å². The lowest BCUT2D eigenvalue weighted by Crippen LogP contribution is -2.45. The van der Waals surface area contributed by atoms with Crippen molar-refractivity contribution in [1.82, 2.24) is 10.2 Å². The molecule has 0 fully saturated rings. The molecule has 0 aliphatic heterocycles. The molecule has 188 valence electrons. The first kappa shape index (κ1) is 25.5. The Morgan fingerprint density at radius 1 is 0.730 bits per heavy atom. The first-order valence-electron chi connectivity index (χ1n) is 12.1. The summed E-state index contributed by atoms with van der Waals surface area (Å²) in [6, 6.07) is 34.8. The average Bonchev–Trinajstić information content (AvgIpc) is 2.96. The highest BCUT2D eigenvalue weighted by atomic mass is 16.5. The van der Waals surface area contributed by atoms with Gasteiger partial charge >= 0.3 is 0 Å². The molecule has 0 aromatic heterocycles. The number of para-hydroxylation sites is 1. The van der Waals surface area contributed by atoms with E-state index in [1.165, 1.54) is 0 Å². The number of ether oxygens (including phenoxy) is 2. The van der Waals surface area contributed by atoms with Crippen LogP contribution >= 0.6 is 0 Å². The Hall–Kier alpha value is -4.58. The van der Waals surface area contributed by atoms with Crippen LogP contribution in [0.5, 0.6) is 11.5 Å². The van der Waals surface area contributed by atoms with Gasteiger partial charge in [-0.05, 0) is 41.0 Å². The predicted octanol–water partition coefficient (Wildman–Crippen LogP) is 5.16. The minimum absolute atomic E-state index is 0.199. The minimum atomic E-state index is -0.848. The molecule has 0 saturated heterocycles. The zero-order chi connectivity index (χ0) is 25.9. The van der Waals surface area contributed by atoms with Gasteiger partial charge in [0, 0.05) is 13.1 Å². The van der Waals surface area contributed by atoms with Crippen molar-refractivity contribution in [1.29, 1.82) is 0 Å². The van der Waals surface area contributed by atoms with Crippen LogP contribution in [0.15, 0.2) is 115 Å². The van der Waals surface area contributed by atoms with E-state index in [2.05, 4.69) is 5.32 Å². The van der Waals surface area contributed by atoms with Crippen LogP contribution in [-0.2, 0) is 22.7 Å². The molecule has 4 rings (SSSR count). The standard InChI is InChI=1S/C31H30N2O4/c1-36-27-19-17-25(18-20-27)22-33(29(34)23-37-28-15-9-4-10-16-28)30(26-13-7-3-8-14-26)31(35)32-21-24-11-5-2-6-12-24/h2-20,30H,21-23H2,1H3,(H,32,35)/t30-/m1/s1. The lowest BCUT2D eigenvalue weighted by atomic mass is 10.0. The summed E-state index contributed by atoms with van der Waals surface area (Å²) in [6.45, 7) is 0.378. The summed E-state index contributed by atoms with van der Waals surface area (Å²) >= 11 is 0. The molecule has 0 spiro atoms. The maximum atomic E-state index is 13.7. The molecule has 0 bridgehead atoms. The van der Waals surface area contributed by atoms with Gasteiger partial charge in [0.2, 0.25) is 5.91 Å². The van der Waals surface area contributed by atoms with Crippen molar-refractivity contribution in [3.8, 4) is 11.5 Å². The van der Waals surface area contributed by atoms with E-state index in [0.29, 0.717) is 18.0 Å². The Labute approximate surface area is 217 Å². The first-order chi connectivity index (χ1) is 18.1. The fourth-order valence-electron chi connectivity index (χ4n) is 3.99. The van der Waals surface area contributed by atoms with Crippen LogP contribution < -0.4 is 14.8 Å². The maximum absolute atomic E-state index is 13.7. The van der Waals surface area contributed by atoms with Crippen LogP contribution in [0.1, 0.15) is 22.7 Å². The first-order valence-corrected chi connectivity index (χ1v) is 12.1. The van der Waals surface area contributed by atoms with Gasteiger partial charge in [0.05, 0.1) is 7.11 Å². The van der Waals surface area contributed by atoms with E-state index in [0.717, 1.165) is 16.7 Å². The van der Waals surface area contributed by atoms with Gasteiger partial charge in [-0.3, -0.25) is 9.59 Å². The number of rotatable bonds is 11. The fourth-order valence-corrected chi connectivity index (χ4v) is 3.99. The van der Waals surface area contributed by atoms with E-state index in [1.807, 2.05) is 103 Å². The van der Waals surface area contributed by atoms with E-state index in [4.69, 9.17) is 9.47 Å². The molecular formula is C31H30N2O4. The second-order valence-corrected chi connectivity index (χ2v) is 8.49. The summed E-state index contributed by atoms with van der Waals surface area (Å²) in [5.41, 5.74) is 2.56. The smallest absolute Gasteiger partial charge is 0.261 e. The lowest BCUT2D eigenvalue weighted by Gasteiger charge is -2.31. The number of carbonyl (C=O) groups is 2. The number of nitrogens with zero attached hydrogens (tertiary/aromatic N) is 1. The minimum Gasteiger partial charge on any atom is -0.497 e. The van der Waals surface area contributed by atoms with Crippen molar-refractivity contribution in [3.63, 3.8) is 0 Å². The molecule has 0 heterocycles. The fraction of sp³-hybridized carbons (Fsp3) is 0.161. The molecule has 0 saturated carbocycles. The van der Waals surface area contributed by atoms with Gasteiger partial charge in [0.25, 0.3) is 5.91 Å². The number of benzene rings is 4. The van der Waals surface area contributed by atoms with Gasteiger partial charge < -0.3 is 19.7 Å². The number of hydrogen-bond donors (Lipinski definition) is 1. The molecular weight excluding hydrogens is 464 g/mol. The lowest BCUT2D eigenvalue weighted by molar-refractivity contribution is -0.143. The van der Waals surface area contributed by atoms with E-state index in [9.17, 15) is 9.59 Å². The number of methoxy groups -OCH3 is 1. The van der Waals surface area contributed by atoms with Crippen LogP contribution in [0.3, 0.4) is 0 Å². The quantitative estimate of drug-likeness (QED) is 0.313.